The van der Waals surface area contributed by atoms with Gasteiger partial charge in [-0.25, -0.2) is 9.38 Å². The number of amides is 2. The molecule has 2 amide bonds. The molecule has 1 saturated heterocycles. The predicted molar refractivity (Wildman–Crippen MR) is 107 cm³/mol. The smallest absolute Gasteiger partial charge is 0.233 e. The van der Waals surface area contributed by atoms with Crippen molar-refractivity contribution >= 4 is 34.4 Å². The third-order valence-corrected chi connectivity index (χ3v) is 5.42. The second kappa shape index (κ2) is 8.88. The first-order valence-electron chi connectivity index (χ1n) is 8.66. The van der Waals surface area contributed by atoms with E-state index in [4.69, 9.17) is 4.74 Å². The third kappa shape index (κ3) is 4.69. The lowest BCUT2D eigenvalue weighted by molar-refractivity contribution is -0.130. The lowest BCUT2D eigenvalue weighted by Crippen LogP contribution is -2.45. The van der Waals surface area contributed by atoms with Crippen LogP contribution in [0.15, 0.2) is 53.5 Å². The van der Waals surface area contributed by atoms with Crippen molar-refractivity contribution < 1.29 is 18.7 Å². The van der Waals surface area contributed by atoms with Gasteiger partial charge in [-0.2, -0.15) is 0 Å². The van der Waals surface area contributed by atoms with Gasteiger partial charge >= 0.3 is 0 Å². The molecule has 2 aromatic rings. The molecule has 0 bridgehead atoms. The number of carbonyl (C=O) groups excluding carboxylic acids is 2. The summed E-state index contributed by atoms with van der Waals surface area (Å²) in [4.78, 5) is 30.9. The minimum atomic E-state index is -0.543. The first-order chi connectivity index (χ1) is 13.5. The van der Waals surface area contributed by atoms with Crippen molar-refractivity contribution in [2.75, 3.05) is 14.2 Å². The lowest BCUT2D eigenvalue weighted by Gasteiger charge is -2.31. The summed E-state index contributed by atoms with van der Waals surface area (Å²) in [6.07, 6.45) is 0.0766. The number of hydrogen-bond donors (Lipinski definition) is 1. The van der Waals surface area contributed by atoms with Gasteiger partial charge in [-0.3, -0.25) is 14.5 Å². The average Bonchev–Trinajstić information content (AvgIpc) is 2.71. The van der Waals surface area contributed by atoms with Gasteiger partial charge in [0.1, 0.15) is 11.6 Å². The molecule has 0 aromatic heterocycles. The van der Waals surface area contributed by atoms with Crippen molar-refractivity contribution in [2.24, 2.45) is 4.99 Å². The van der Waals surface area contributed by atoms with Crippen LogP contribution in [-0.4, -0.2) is 41.3 Å². The maximum absolute atomic E-state index is 13.2. The Morgan fingerprint density at radius 3 is 2.54 bits per heavy atom. The number of ether oxygens (including phenoxy) is 1. The van der Waals surface area contributed by atoms with Gasteiger partial charge in [-0.05, 0) is 42.0 Å². The van der Waals surface area contributed by atoms with E-state index < -0.39 is 5.25 Å². The van der Waals surface area contributed by atoms with Crippen molar-refractivity contribution in [2.45, 2.75) is 18.2 Å². The van der Waals surface area contributed by atoms with Crippen molar-refractivity contribution in [1.29, 1.82) is 0 Å². The van der Waals surface area contributed by atoms with E-state index in [1.807, 2.05) is 0 Å². The van der Waals surface area contributed by atoms with E-state index in [2.05, 4.69) is 10.3 Å². The van der Waals surface area contributed by atoms with Crippen LogP contribution in [0.2, 0.25) is 0 Å². The first-order valence-corrected chi connectivity index (χ1v) is 9.54. The fourth-order valence-corrected chi connectivity index (χ4v) is 3.85. The number of halogens is 1. The highest BCUT2D eigenvalue weighted by molar-refractivity contribution is 8.15. The molecule has 28 heavy (non-hydrogen) atoms. The van der Waals surface area contributed by atoms with Crippen LogP contribution < -0.4 is 10.1 Å². The van der Waals surface area contributed by atoms with Gasteiger partial charge in [0, 0.05) is 13.5 Å². The number of aliphatic imine (C=N–C) groups is 1. The molecule has 1 heterocycles. The number of amidine groups is 1. The Balaban J connectivity index is 1.91. The Kier molecular flexibility index (Phi) is 6.30. The van der Waals surface area contributed by atoms with Crippen molar-refractivity contribution in [3.8, 4) is 5.75 Å². The maximum Gasteiger partial charge on any atom is 0.233 e. The van der Waals surface area contributed by atoms with Crippen molar-refractivity contribution in [3.63, 3.8) is 0 Å². The zero-order valence-corrected chi connectivity index (χ0v) is 16.3. The number of thioether (sulfide) groups is 1. The molecule has 1 N–H and O–H groups in total. The fraction of sp³-hybridized carbons (Fsp3) is 0.250. The van der Waals surface area contributed by atoms with Crippen LogP contribution in [0, 0.1) is 5.82 Å². The van der Waals surface area contributed by atoms with E-state index in [1.165, 1.54) is 28.8 Å². The Hall–Kier alpha value is -2.87. The summed E-state index contributed by atoms with van der Waals surface area (Å²) in [7, 11) is 3.12. The van der Waals surface area contributed by atoms with Gasteiger partial charge in [0.2, 0.25) is 11.8 Å². The van der Waals surface area contributed by atoms with Crippen LogP contribution in [-0.2, 0) is 16.1 Å². The molecule has 146 valence electrons. The normalized spacial score (nSPS) is 18.2. The second-order valence-corrected chi connectivity index (χ2v) is 7.29. The number of rotatable bonds is 5. The molecule has 0 spiro atoms. The molecule has 1 aliphatic heterocycles. The number of nitrogens with zero attached hydrogens (tertiary/aromatic N) is 2. The Morgan fingerprint density at radius 1 is 1.25 bits per heavy atom. The summed E-state index contributed by atoms with van der Waals surface area (Å²) in [6, 6.07) is 13.1. The Morgan fingerprint density at radius 2 is 1.93 bits per heavy atom. The number of benzene rings is 2. The van der Waals surface area contributed by atoms with Gasteiger partial charge in [0.05, 0.1) is 24.6 Å². The van der Waals surface area contributed by atoms with E-state index in [9.17, 15) is 14.0 Å². The van der Waals surface area contributed by atoms with E-state index in [0.29, 0.717) is 16.6 Å². The molecule has 1 unspecified atom stereocenters. The minimum absolute atomic E-state index is 0.0766. The Labute approximate surface area is 166 Å². The highest BCUT2D eigenvalue weighted by atomic mass is 32.2. The van der Waals surface area contributed by atoms with Crippen LogP contribution in [0.4, 0.5) is 10.1 Å². The molecule has 3 rings (SSSR count). The van der Waals surface area contributed by atoms with Gasteiger partial charge in [-0.1, -0.05) is 23.9 Å². The third-order valence-electron chi connectivity index (χ3n) is 4.23. The summed E-state index contributed by atoms with van der Waals surface area (Å²) in [5, 5.41) is 2.47. The largest absolute Gasteiger partial charge is 0.497 e. The first kappa shape index (κ1) is 19.9. The number of hydrogen-bond acceptors (Lipinski definition) is 5. The fourth-order valence-electron chi connectivity index (χ4n) is 2.70. The maximum atomic E-state index is 13.2. The molecule has 2 aromatic carbocycles. The predicted octanol–water partition coefficient (Wildman–Crippen LogP) is 3.10. The highest BCUT2D eigenvalue weighted by Crippen LogP contribution is 2.30. The molecule has 1 aliphatic rings. The molecular weight excluding hydrogens is 381 g/mol. The van der Waals surface area contributed by atoms with E-state index in [1.54, 1.807) is 50.6 Å². The molecule has 8 heteroatoms. The summed E-state index contributed by atoms with van der Waals surface area (Å²) in [5.41, 5.74) is 1.41. The molecule has 1 fully saturated rings. The molecule has 6 nitrogen and oxygen atoms in total. The van der Waals surface area contributed by atoms with Crippen molar-refractivity contribution in [3.05, 3.63) is 59.9 Å². The molecule has 0 radical (unpaired) electrons. The monoisotopic (exact) mass is 401 g/mol. The summed E-state index contributed by atoms with van der Waals surface area (Å²) < 4.78 is 18.3. The van der Waals surface area contributed by atoms with Gasteiger partial charge in [-0.15, -0.1) is 0 Å². The van der Waals surface area contributed by atoms with Crippen LogP contribution in [0.1, 0.15) is 12.0 Å². The summed E-state index contributed by atoms with van der Waals surface area (Å²) >= 11 is 1.24. The van der Waals surface area contributed by atoms with Crippen LogP contribution in [0.5, 0.6) is 5.75 Å². The van der Waals surface area contributed by atoms with Crippen LogP contribution in [0.3, 0.4) is 0 Å². The quantitative estimate of drug-likeness (QED) is 0.836. The molecule has 0 aliphatic carbocycles. The summed E-state index contributed by atoms with van der Waals surface area (Å²) in [5.74, 6) is -0.0659. The second-order valence-electron chi connectivity index (χ2n) is 6.12. The molecule has 0 saturated carbocycles. The zero-order valence-electron chi connectivity index (χ0n) is 15.5. The number of carbonyl (C=O) groups is 2. The van der Waals surface area contributed by atoms with Gasteiger partial charge in [0.25, 0.3) is 0 Å². The number of nitrogens with one attached hydrogen (secondary N) is 1. The van der Waals surface area contributed by atoms with Crippen LogP contribution in [0.25, 0.3) is 0 Å². The molecular formula is C20H20FN3O3S. The van der Waals surface area contributed by atoms with E-state index >= 15 is 0 Å². The highest BCUT2D eigenvalue weighted by Gasteiger charge is 2.35. The number of methoxy groups -OCH3 is 1. The lowest BCUT2D eigenvalue weighted by atomic mass is 10.2. The SMILES string of the molecule is CNC(=O)C1CC(=O)N(Cc2ccc(F)cc2)C(=Nc2ccc(OC)cc2)S1. The topological polar surface area (TPSA) is 71.0 Å². The van der Waals surface area contributed by atoms with Crippen LogP contribution >= 0.6 is 11.8 Å². The average molecular weight is 401 g/mol. The van der Waals surface area contributed by atoms with E-state index in [0.717, 1.165) is 5.56 Å². The minimum Gasteiger partial charge on any atom is -0.497 e. The van der Waals surface area contributed by atoms with E-state index in [-0.39, 0.29) is 30.6 Å². The standard InChI is InChI=1S/C20H20FN3O3S/c1-22-19(26)17-11-18(25)24(12-13-3-5-14(21)6-4-13)20(28-17)23-15-7-9-16(27-2)10-8-15/h3-10,17H,11-12H2,1-2H3,(H,22,26). The zero-order chi connectivity index (χ0) is 20.1. The Bertz CT molecular complexity index is 885. The molecule has 1 atom stereocenters. The van der Waals surface area contributed by atoms with Gasteiger partial charge < -0.3 is 10.1 Å². The van der Waals surface area contributed by atoms with Crippen molar-refractivity contribution in [1.82, 2.24) is 10.2 Å². The summed E-state index contributed by atoms with van der Waals surface area (Å²) in [6.45, 7) is 0.252. The van der Waals surface area contributed by atoms with Gasteiger partial charge in [0.15, 0.2) is 5.17 Å².